The average molecular weight is 339 g/mol. The molecule has 3 rings (SSSR count). The predicted molar refractivity (Wildman–Crippen MR) is 82.9 cm³/mol. The quantitative estimate of drug-likeness (QED) is 0.789. The lowest BCUT2D eigenvalue weighted by Crippen LogP contribution is -2.28. The molecule has 0 atom stereocenters. The van der Waals surface area contributed by atoms with Crippen LogP contribution in [0.1, 0.15) is 29.0 Å². The summed E-state index contributed by atoms with van der Waals surface area (Å²) in [5.74, 6) is -0.0350. The summed E-state index contributed by atoms with van der Waals surface area (Å²) in [6, 6.07) is 5.68. The van der Waals surface area contributed by atoms with Crippen molar-refractivity contribution in [3.05, 3.63) is 56.1 Å². The first kappa shape index (κ1) is 15.1. The monoisotopic (exact) mass is 338 g/mol. The van der Waals surface area contributed by atoms with Crippen molar-refractivity contribution in [2.45, 2.75) is 25.8 Å². The minimum absolute atomic E-state index is 0.00540. The molecular formula is C15H12Cl2N2O3. The smallest absolute Gasteiger partial charge is 0.346 e. The summed E-state index contributed by atoms with van der Waals surface area (Å²) in [6.45, 7) is 0.651. The van der Waals surface area contributed by atoms with Gasteiger partial charge < -0.3 is 4.74 Å². The van der Waals surface area contributed by atoms with E-state index in [9.17, 15) is 9.59 Å². The fourth-order valence-corrected chi connectivity index (χ4v) is 2.86. The van der Waals surface area contributed by atoms with Crippen molar-refractivity contribution < 1.29 is 9.53 Å². The van der Waals surface area contributed by atoms with Crippen molar-refractivity contribution in [1.29, 1.82) is 0 Å². The van der Waals surface area contributed by atoms with Crippen LogP contribution >= 0.6 is 23.2 Å². The first-order chi connectivity index (χ1) is 10.5. The highest BCUT2D eigenvalue weighted by atomic mass is 35.5. The Kier molecular flexibility index (Phi) is 4.18. The second-order valence-corrected chi connectivity index (χ2v) is 5.81. The van der Waals surface area contributed by atoms with E-state index in [0.29, 0.717) is 23.8 Å². The van der Waals surface area contributed by atoms with Gasteiger partial charge in [-0.1, -0.05) is 23.2 Å². The van der Waals surface area contributed by atoms with Gasteiger partial charge in [0.25, 0.3) is 5.56 Å². The number of fused-ring (bicyclic) bond motifs is 1. The van der Waals surface area contributed by atoms with Gasteiger partial charge in [-0.3, -0.25) is 9.36 Å². The largest absolute Gasteiger partial charge is 0.404 e. The number of hydrogen-bond acceptors (Lipinski definition) is 4. The minimum Gasteiger partial charge on any atom is -0.404 e. The molecule has 0 saturated carbocycles. The van der Waals surface area contributed by atoms with E-state index in [4.69, 9.17) is 27.9 Å². The van der Waals surface area contributed by atoms with E-state index in [0.717, 1.165) is 12.8 Å². The standard InChI is InChI=1S/C15H12Cl2N2O3/c16-9-4-5-10(11(17)7-9)15(21)22-13-8-14(20)19-6-2-1-3-12(19)18-13/h4-5,7-8H,1-3,6H2. The second-order valence-electron chi connectivity index (χ2n) is 4.97. The summed E-state index contributed by atoms with van der Waals surface area (Å²) in [5.41, 5.74) is -0.0413. The van der Waals surface area contributed by atoms with E-state index in [1.54, 1.807) is 10.6 Å². The van der Waals surface area contributed by atoms with Crippen LogP contribution in [0.5, 0.6) is 5.88 Å². The average Bonchev–Trinajstić information content (AvgIpc) is 2.47. The lowest BCUT2D eigenvalue weighted by molar-refractivity contribution is 0.0726. The van der Waals surface area contributed by atoms with E-state index >= 15 is 0 Å². The molecule has 1 aliphatic heterocycles. The maximum atomic E-state index is 12.1. The third-order valence-electron chi connectivity index (χ3n) is 3.44. The third kappa shape index (κ3) is 3.00. The van der Waals surface area contributed by atoms with Gasteiger partial charge >= 0.3 is 5.97 Å². The molecule has 0 bridgehead atoms. The van der Waals surface area contributed by atoms with E-state index in [-0.39, 0.29) is 22.0 Å². The Morgan fingerprint density at radius 1 is 1.23 bits per heavy atom. The SMILES string of the molecule is O=C(Oc1cc(=O)n2c(n1)CCCC2)c1ccc(Cl)cc1Cl. The highest BCUT2D eigenvalue weighted by Crippen LogP contribution is 2.22. The van der Waals surface area contributed by atoms with Crippen LogP contribution < -0.4 is 10.3 Å². The summed E-state index contributed by atoms with van der Waals surface area (Å²) in [4.78, 5) is 28.4. The molecule has 5 nitrogen and oxygen atoms in total. The molecule has 0 unspecified atom stereocenters. The van der Waals surface area contributed by atoms with Crippen molar-refractivity contribution in [2.75, 3.05) is 0 Å². The van der Waals surface area contributed by atoms with Gasteiger partial charge in [-0.05, 0) is 31.0 Å². The first-order valence-corrected chi connectivity index (χ1v) is 7.58. The first-order valence-electron chi connectivity index (χ1n) is 6.82. The van der Waals surface area contributed by atoms with E-state index in [1.165, 1.54) is 18.2 Å². The van der Waals surface area contributed by atoms with Gasteiger partial charge in [-0.15, -0.1) is 0 Å². The predicted octanol–water partition coefficient (Wildman–Crippen LogP) is 3.11. The van der Waals surface area contributed by atoms with Gasteiger partial charge in [0.1, 0.15) is 5.82 Å². The normalized spacial score (nSPS) is 13.5. The summed E-state index contributed by atoms with van der Waals surface area (Å²) in [5, 5.41) is 0.610. The Bertz CT molecular complexity index is 802. The number of rotatable bonds is 2. The topological polar surface area (TPSA) is 61.2 Å². The molecule has 1 aromatic carbocycles. The zero-order chi connectivity index (χ0) is 15.7. The van der Waals surface area contributed by atoms with E-state index in [1.807, 2.05) is 0 Å². The van der Waals surface area contributed by atoms with E-state index < -0.39 is 5.97 Å². The highest BCUT2D eigenvalue weighted by molar-refractivity contribution is 6.36. The van der Waals surface area contributed by atoms with Gasteiger partial charge in [0.15, 0.2) is 0 Å². The number of carbonyl (C=O) groups is 1. The summed E-state index contributed by atoms with van der Waals surface area (Å²) in [7, 11) is 0. The second kappa shape index (κ2) is 6.10. The van der Waals surface area contributed by atoms with Gasteiger partial charge in [-0.2, -0.15) is 4.98 Å². The molecule has 0 N–H and O–H groups in total. The van der Waals surface area contributed by atoms with Crippen LogP contribution in [-0.4, -0.2) is 15.5 Å². The molecule has 22 heavy (non-hydrogen) atoms. The van der Waals surface area contributed by atoms with Crippen LogP contribution in [0.2, 0.25) is 10.0 Å². The zero-order valence-corrected chi connectivity index (χ0v) is 13.0. The van der Waals surface area contributed by atoms with Crippen molar-refractivity contribution in [3.63, 3.8) is 0 Å². The molecule has 0 fully saturated rings. The molecule has 2 aromatic rings. The van der Waals surface area contributed by atoms with Crippen LogP contribution in [-0.2, 0) is 13.0 Å². The number of benzene rings is 1. The number of halogens is 2. The van der Waals surface area contributed by atoms with E-state index in [2.05, 4.69) is 4.98 Å². The Morgan fingerprint density at radius 2 is 2.05 bits per heavy atom. The highest BCUT2D eigenvalue weighted by Gasteiger charge is 2.17. The Morgan fingerprint density at radius 3 is 2.82 bits per heavy atom. The molecular weight excluding hydrogens is 327 g/mol. The van der Waals surface area contributed by atoms with Crippen molar-refractivity contribution >= 4 is 29.2 Å². The molecule has 0 radical (unpaired) electrons. The Hall–Kier alpha value is -1.85. The molecule has 0 amide bonds. The van der Waals surface area contributed by atoms with Gasteiger partial charge in [-0.25, -0.2) is 4.79 Å². The Labute approximate surface area is 136 Å². The summed E-state index contributed by atoms with van der Waals surface area (Å²) >= 11 is 11.8. The maximum absolute atomic E-state index is 12.1. The molecule has 0 aliphatic carbocycles. The lowest BCUT2D eigenvalue weighted by Gasteiger charge is -2.17. The number of aromatic nitrogens is 2. The van der Waals surface area contributed by atoms with Crippen molar-refractivity contribution in [3.8, 4) is 5.88 Å². The minimum atomic E-state index is -0.672. The number of ether oxygens (including phenoxy) is 1. The number of esters is 1. The molecule has 7 heteroatoms. The zero-order valence-electron chi connectivity index (χ0n) is 11.5. The van der Waals surface area contributed by atoms with Gasteiger partial charge in [0.05, 0.1) is 16.7 Å². The molecule has 0 spiro atoms. The van der Waals surface area contributed by atoms with Crippen LogP contribution in [0.4, 0.5) is 0 Å². The summed E-state index contributed by atoms with van der Waals surface area (Å²) < 4.78 is 6.78. The molecule has 114 valence electrons. The molecule has 1 aliphatic rings. The number of carbonyl (C=O) groups excluding carboxylic acids is 1. The van der Waals surface area contributed by atoms with Gasteiger partial charge in [0, 0.05) is 18.0 Å². The molecule has 0 saturated heterocycles. The summed E-state index contributed by atoms with van der Waals surface area (Å²) in [6.07, 6.45) is 2.61. The van der Waals surface area contributed by atoms with Crippen LogP contribution in [0.15, 0.2) is 29.1 Å². The molecule has 2 heterocycles. The van der Waals surface area contributed by atoms with Crippen molar-refractivity contribution in [2.24, 2.45) is 0 Å². The number of hydrogen-bond donors (Lipinski definition) is 0. The third-order valence-corrected chi connectivity index (χ3v) is 3.99. The molecule has 1 aromatic heterocycles. The Balaban J connectivity index is 1.88. The fourth-order valence-electron chi connectivity index (χ4n) is 2.37. The number of nitrogens with zero attached hydrogens (tertiary/aromatic N) is 2. The lowest BCUT2D eigenvalue weighted by atomic mass is 10.1. The maximum Gasteiger partial charge on any atom is 0.346 e. The van der Waals surface area contributed by atoms with Crippen LogP contribution in [0.3, 0.4) is 0 Å². The van der Waals surface area contributed by atoms with Crippen LogP contribution in [0, 0.1) is 0 Å². The van der Waals surface area contributed by atoms with Crippen molar-refractivity contribution in [1.82, 2.24) is 9.55 Å². The van der Waals surface area contributed by atoms with Gasteiger partial charge in [0.2, 0.25) is 5.88 Å². The fraction of sp³-hybridized carbons (Fsp3) is 0.267. The number of aryl methyl sites for hydroxylation is 1. The van der Waals surface area contributed by atoms with Crippen LogP contribution in [0.25, 0.3) is 0 Å².